The van der Waals surface area contributed by atoms with Gasteiger partial charge in [0.2, 0.25) is 0 Å². The predicted octanol–water partition coefficient (Wildman–Crippen LogP) is 2.95. The molecular formula is C24H25N2O7S3Se+. The molecule has 0 fully saturated rings. The Bertz CT molecular complexity index is 1740. The van der Waals surface area contributed by atoms with Gasteiger partial charge in [0, 0.05) is 0 Å². The quantitative estimate of drug-likeness (QED) is 0.165. The monoisotopic (exact) mass is 629 g/mol. The number of fused-ring (bicyclic) bond motifs is 4. The zero-order chi connectivity index (χ0) is 26.4. The first-order chi connectivity index (χ1) is 17.5. The van der Waals surface area contributed by atoms with Gasteiger partial charge in [-0.25, -0.2) is 0 Å². The second kappa shape index (κ2) is 10.1. The van der Waals surface area contributed by atoms with Crippen LogP contribution in [0.25, 0.3) is 27.3 Å². The SMILES string of the molecule is Cc1ccc2c(c1)N(CCCS(=O)(=O)O)/C(=C/c1sc3ccc4occc4c3[n+]1CCCS(=O)(=O)O)[Se]2. The number of anilines is 1. The van der Waals surface area contributed by atoms with Crippen LogP contribution < -0.4 is 13.9 Å². The minimum absolute atomic E-state index is 0.0332. The van der Waals surface area contributed by atoms with E-state index in [1.807, 2.05) is 25.1 Å². The molecule has 5 rings (SSSR count). The Morgan fingerprint density at radius 2 is 1.81 bits per heavy atom. The average molecular weight is 629 g/mol. The van der Waals surface area contributed by atoms with E-state index in [2.05, 4.69) is 33.7 Å². The molecule has 0 atom stereocenters. The summed E-state index contributed by atoms with van der Waals surface area (Å²) in [5.41, 5.74) is 3.81. The molecule has 2 N–H and O–H groups in total. The molecule has 0 spiro atoms. The van der Waals surface area contributed by atoms with Gasteiger partial charge in [-0.1, -0.05) is 0 Å². The normalized spacial score (nSPS) is 15.3. The topological polar surface area (TPSA) is 129 Å². The number of thiazole rings is 1. The molecule has 37 heavy (non-hydrogen) atoms. The molecular weight excluding hydrogens is 603 g/mol. The second-order valence-corrected chi connectivity index (χ2v) is 15.3. The van der Waals surface area contributed by atoms with Gasteiger partial charge in [0.15, 0.2) is 0 Å². The van der Waals surface area contributed by atoms with Crippen molar-refractivity contribution in [1.82, 2.24) is 0 Å². The number of aromatic nitrogens is 1. The Morgan fingerprint density at radius 1 is 1.05 bits per heavy atom. The summed E-state index contributed by atoms with van der Waals surface area (Å²) in [5, 5.41) is 1.84. The summed E-state index contributed by atoms with van der Waals surface area (Å²) in [4.78, 5) is 2.12. The Kier molecular flexibility index (Phi) is 7.22. The van der Waals surface area contributed by atoms with Gasteiger partial charge in [0.05, 0.1) is 0 Å². The van der Waals surface area contributed by atoms with Crippen LogP contribution in [0.4, 0.5) is 5.69 Å². The molecule has 1 aliphatic rings. The summed E-state index contributed by atoms with van der Waals surface area (Å²) in [7, 11) is -8.15. The molecule has 0 unspecified atom stereocenters. The molecule has 0 bridgehead atoms. The molecule has 2 aromatic carbocycles. The van der Waals surface area contributed by atoms with Crippen LogP contribution in [0.1, 0.15) is 23.4 Å². The van der Waals surface area contributed by atoms with Gasteiger partial charge >= 0.3 is 226 Å². The van der Waals surface area contributed by atoms with E-state index in [9.17, 15) is 25.9 Å². The molecule has 0 aliphatic carbocycles. The first kappa shape index (κ1) is 26.4. The second-order valence-electron chi connectivity index (χ2n) is 8.82. The van der Waals surface area contributed by atoms with Gasteiger partial charge < -0.3 is 0 Å². The summed E-state index contributed by atoms with van der Waals surface area (Å²) < 4.78 is 74.8. The predicted molar refractivity (Wildman–Crippen MR) is 146 cm³/mol. The summed E-state index contributed by atoms with van der Waals surface area (Å²) in [6.07, 6.45) is 4.23. The molecule has 4 aromatic rings. The molecule has 196 valence electrons. The van der Waals surface area contributed by atoms with Crippen molar-refractivity contribution in [2.24, 2.45) is 0 Å². The molecule has 1 aliphatic heterocycles. The molecule has 3 heterocycles. The fourth-order valence-corrected chi connectivity index (χ4v) is 9.06. The van der Waals surface area contributed by atoms with Crippen molar-refractivity contribution in [2.45, 2.75) is 26.3 Å². The molecule has 0 saturated heterocycles. The zero-order valence-corrected chi connectivity index (χ0v) is 24.0. The van der Waals surface area contributed by atoms with Gasteiger partial charge in [-0.15, -0.1) is 0 Å². The van der Waals surface area contributed by atoms with Crippen LogP contribution in [0.5, 0.6) is 0 Å². The van der Waals surface area contributed by atoms with Crippen molar-refractivity contribution in [3.05, 3.63) is 57.8 Å². The van der Waals surface area contributed by atoms with E-state index >= 15 is 0 Å². The number of furan rings is 1. The number of rotatable bonds is 9. The standard InChI is InChI=1S/C24H24N2O7S3Se/c1-16-4-7-21-18(14-16)25(9-2-12-35(27,28)29)23(37-21)15-22-26(10-3-13-36(30,31)32)24-17-8-11-33-19(17)5-6-20(24)34-22/h4-8,11,14-15H,2-3,9-10,12-13H2,1H3,(H-,27,28,29,30,31,32)/p+1. The average Bonchev–Trinajstić information content (AvgIpc) is 3.48. The first-order valence-electron chi connectivity index (χ1n) is 11.5. The fraction of sp³-hybridized carbons (Fsp3) is 0.292. The molecule has 2 aromatic heterocycles. The van der Waals surface area contributed by atoms with Crippen LogP contribution in [-0.2, 0) is 26.8 Å². The van der Waals surface area contributed by atoms with Crippen LogP contribution in [0.3, 0.4) is 0 Å². The van der Waals surface area contributed by atoms with Crippen molar-refractivity contribution in [1.29, 1.82) is 0 Å². The van der Waals surface area contributed by atoms with E-state index in [-0.39, 0.29) is 39.3 Å². The molecule has 0 amide bonds. The van der Waals surface area contributed by atoms with Crippen LogP contribution in [0.15, 0.2) is 51.7 Å². The number of aryl methyl sites for hydroxylation is 2. The maximum absolute atomic E-state index is 11.4. The third-order valence-electron chi connectivity index (χ3n) is 6.02. The fourth-order valence-electron chi connectivity index (χ4n) is 4.44. The van der Waals surface area contributed by atoms with E-state index in [0.717, 1.165) is 42.0 Å². The Morgan fingerprint density at radius 3 is 2.57 bits per heavy atom. The third kappa shape index (κ3) is 5.93. The maximum atomic E-state index is 11.4. The zero-order valence-electron chi connectivity index (χ0n) is 19.8. The summed E-state index contributed by atoms with van der Waals surface area (Å²) >= 11 is 1.55. The van der Waals surface area contributed by atoms with E-state index in [4.69, 9.17) is 4.42 Å². The molecule has 13 heteroatoms. The van der Waals surface area contributed by atoms with E-state index < -0.39 is 20.2 Å². The van der Waals surface area contributed by atoms with Crippen molar-refractivity contribution in [3.8, 4) is 0 Å². The van der Waals surface area contributed by atoms with Crippen molar-refractivity contribution >= 4 is 83.9 Å². The van der Waals surface area contributed by atoms with Gasteiger partial charge in [0.1, 0.15) is 0 Å². The minimum atomic E-state index is -4.09. The Labute approximate surface area is 225 Å². The van der Waals surface area contributed by atoms with Crippen molar-refractivity contribution in [2.75, 3.05) is 23.0 Å². The number of hydrogen-bond donors (Lipinski definition) is 2. The Hall–Kier alpha value is -2.25. The Balaban J connectivity index is 1.58. The van der Waals surface area contributed by atoms with Gasteiger partial charge in [-0.2, -0.15) is 0 Å². The van der Waals surface area contributed by atoms with Crippen LogP contribution in [0.2, 0.25) is 0 Å². The van der Waals surface area contributed by atoms with E-state index in [1.54, 1.807) is 17.6 Å². The van der Waals surface area contributed by atoms with Gasteiger partial charge in [-0.05, 0) is 0 Å². The number of hydrogen-bond acceptors (Lipinski definition) is 7. The van der Waals surface area contributed by atoms with E-state index in [0.29, 0.717) is 13.1 Å². The van der Waals surface area contributed by atoms with Crippen LogP contribution in [0, 0.1) is 6.92 Å². The van der Waals surface area contributed by atoms with Crippen LogP contribution >= 0.6 is 11.3 Å². The van der Waals surface area contributed by atoms with Gasteiger partial charge in [0.25, 0.3) is 0 Å². The molecule has 0 radical (unpaired) electrons. The summed E-state index contributed by atoms with van der Waals surface area (Å²) in [6, 6.07) is 12.0. The van der Waals surface area contributed by atoms with Crippen molar-refractivity contribution < 1.29 is 34.9 Å². The number of nitrogens with zero attached hydrogens (tertiary/aromatic N) is 2. The summed E-state index contributed by atoms with van der Waals surface area (Å²) in [5.74, 6) is -0.660. The summed E-state index contributed by atoms with van der Waals surface area (Å²) in [6.45, 7) is 2.82. The van der Waals surface area contributed by atoms with Gasteiger partial charge in [-0.3, -0.25) is 0 Å². The van der Waals surface area contributed by atoms with Crippen LogP contribution in [-0.4, -0.2) is 58.9 Å². The molecule has 0 saturated carbocycles. The molecule has 9 nitrogen and oxygen atoms in total. The first-order valence-corrected chi connectivity index (χ1v) is 17.2. The van der Waals surface area contributed by atoms with Crippen molar-refractivity contribution in [3.63, 3.8) is 0 Å². The number of benzene rings is 2. The third-order valence-corrected chi connectivity index (χ3v) is 11.1. The van der Waals surface area contributed by atoms with E-state index in [1.165, 1.54) is 4.46 Å².